The van der Waals surface area contributed by atoms with Crippen LogP contribution in [0.3, 0.4) is 0 Å². The van der Waals surface area contributed by atoms with Crippen LogP contribution >= 0.6 is 15.9 Å². The summed E-state index contributed by atoms with van der Waals surface area (Å²) in [6.45, 7) is 3.35. The third-order valence-corrected chi connectivity index (χ3v) is 3.95. The lowest BCUT2D eigenvalue weighted by molar-refractivity contribution is 0.411. The minimum atomic E-state index is 0.517. The van der Waals surface area contributed by atoms with E-state index in [1.165, 1.54) is 6.42 Å². The van der Waals surface area contributed by atoms with Crippen molar-refractivity contribution in [2.75, 3.05) is 23.9 Å². The molecule has 1 aliphatic heterocycles. The molecule has 2 unspecified atom stereocenters. The summed E-state index contributed by atoms with van der Waals surface area (Å²) >= 11 is 3.59. The smallest absolute Gasteiger partial charge is 0.171 e. The number of pyridine rings is 1. The SMILES string of the molecule is COc1cccnc1N1CCC(C)C1CBr. The summed E-state index contributed by atoms with van der Waals surface area (Å²) in [5.41, 5.74) is 0. The van der Waals surface area contributed by atoms with Crippen LogP contribution in [0.5, 0.6) is 5.75 Å². The highest BCUT2D eigenvalue weighted by Crippen LogP contribution is 2.34. The molecule has 2 heterocycles. The normalized spacial score (nSPS) is 24.8. The minimum Gasteiger partial charge on any atom is -0.493 e. The number of hydrogen-bond donors (Lipinski definition) is 0. The molecule has 0 radical (unpaired) electrons. The van der Waals surface area contributed by atoms with Gasteiger partial charge in [0.1, 0.15) is 0 Å². The van der Waals surface area contributed by atoms with E-state index in [1.54, 1.807) is 7.11 Å². The zero-order valence-electron chi connectivity index (χ0n) is 9.69. The number of alkyl halides is 1. The van der Waals surface area contributed by atoms with Crippen molar-refractivity contribution in [3.05, 3.63) is 18.3 Å². The molecule has 0 bridgehead atoms. The van der Waals surface area contributed by atoms with Gasteiger partial charge < -0.3 is 9.64 Å². The van der Waals surface area contributed by atoms with E-state index >= 15 is 0 Å². The molecule has 4 heteroatoms. The van der Waals surface area contributed by atoms with Crippen molar-refractivity contribution in [1.29, 1.82) is 0 Å². The van der Waals surface area contributed by atoms with E-state index in [9.17, 15) is 0 Å². The molecular formula is C12H17BrN2O. The minimum absolute atomic E-state index is 0.517. The summed E-state index contributed by atoms with van der Waals surface area (Å²) in [5.74, 6) is 2.53. The average Bonchev–Trinajstić information content (AvgIpc) is 2.70. The van der Waals surface area contributed by atoms with Gasteiger partial charge in [-0.15, -0.1) is 0 Å². The van der Waals surface area contributed by atoms with Gasteiger partial charge in [0.15, 0.2) is 11.6 Å². The van der Waals surface area contributed by atoms with E-state index in [1.807, 2.05) is 18.3 Å². The Hall–Kier alpha value is -0.770. The largest absolute Gasteiger partial charge is 0.493 e. The van der Waals surface area contributed by atoms with Crippen LogP contribution in [-0.2, 0) is 0 Å². The first kappa shape index (κ1) is 11.7. The van der Waals surface area contributed by atoms with Crippen molar-refractivity contribution >= 4 is 21.7 Å². The van der Waals surface area contributed by atoms with Crippen molar-refractivity contribution in [3.63, 3.8) is 0 Å². The third kappa shape index (κ3) is 2.03. The molecule has 0 aromatic carbocycles. The molecule has 2 rings (SSSR count). The molecular weight excluding hydrogens is 268 g/mol. The van der Waals surface area contributed by atoms with Crippen molar-refractivity contribution in [2.24, 2.45) is 5.92 Å². The molecule has 0 N–H and O–H groups in total. The maximum Gasteiger partial charge on any atom is 0.171 e. The van der Waals surface area contributed by atoms with Gasteiger partial charge in [-0.25, -0.2) is 4.98 Å². The molecule has 0 amide bonds. The molecule has 1 aromatic rings. The summed E-state index contributed by atoms with van der Waals surface area (Å²) in [5, 5.41) is 0.980. The van der Waals surface area contributed by atoms with Gasteiger partial charge >= 0.3 is 0 Å². The Kier molecular flexibility index (Phi) is 3.69. The van der Waals surface area contributed by atoms with Crippen LogP contribution in [0.2, 0.25) is 0 Å². The molecule has 2 atom stereocenters. The Morgan fingerprint density at radius 2 is 2.44 bits per heavy atom. The van der Waals surface area contributed by atoms with E-state index in [0.29, 0.717) is 12.0 Å². The van der Waals surface area contributed by atoms with Gasteiger partial charge in [0.25, 0.3) is 0 Å². The summed E-state index contributed by atoms with van der Waals surface area (Å²) in [6, 6.07) is 4.39. The van der Waals surface area contributed by atoms with E-state index in [4.69, 9.17) is 4.74 Å². The van der Waals surface area contributed by atoms with Crippen LogP contribution in [0.4, 0.5) is 5.82 Å². The van der Waals surface area contributed by atoms with E-state index < -0.39 is 0 Å². The number of methoxy groups -OCH3 is 1. The highest BCUT2D eigenvalue weighted by atomic mass is 79.9. The lowest BCUT2D eigenvalue weighted by atomic mass is 10.1. The molecule has 1 aliphatic rings. The fourth-order valence-electron chi connectivity index (χ4n) is 2.26. The van der Waals surface area contributed by atoms with Crippen LogP contribution in [0, 0.1) is 5.92 Å². The quantitative estimate of drug-likeness (QED) is 0.798. The van der Waals surface area contributed by atoms with Crippen molar-refractivity contribution in [2.45, 2.75) is 19.4 Å². The van der Waals surface area contributed by atoms with Gasteiger partial charge in [-0.1, -0.05) is 22.9 Å². The second kappa shape index (κ2) is 5.04. The Balaban J connectivity index is 2.29. The average molecular weight is 285 g/mol. The summed E-state index contributed by atoms with van der Waals surface area (Å²) in [6.07, 6.45) is 3.04. The maximum absolute atomic E-state index is 5.37. The van der Waals surface area contributed by atoms with Gasteiger partial charge in [-0.2, -0.15) is 0 Å². The van der Waals surface area contributed by atoms with Crippen LogP contribution < -0.4 is 9.64 Å². The summed E-state index contributed by atoms with van der Waals surface area (Å²) in [7, 11) is 1.70. The second-order valence-electron chi connectivity index (χ2n) is 4.21. The van der Waals surface area contributed by atoms with Crippen molar-refractivity contribution < 1.29 is 4.74 Å². The van der Waals surface area contributed by atoms with E-state index in [2.05, 4.69) is 32.7 Å². The zero-order valence-corrected chi connectivity index (χ0v) is 11.3. The van der Waals surface area contributed by atoms with Crippen LogP contribution in [-0.4, -0.2) is 30.0 Å². The van der Waals surface area contributed by atoms with Gasteiger partial charge in [-0.3, -0.25) is 0 Å². The van der Waals surface area contributed by atoms with Crippen LogP contribution in [0.15, 0.2) is 18.3 Å². The molecule has 3 nitrogen and oxygen atoms in total. The maximum atomic E-state index is 5.37. The van der Waals surface area contributed by atoms with Gasteiger partial charge in [0, 0.05) is 24.1 Å². The predicted molar refractivity (Wildman–Crippen MR) is 69.5 cm³/mol. The van der Waals surface area contributed by atoms with Crippen LogP contribution in [0.25, 0.3) is 0 Å². The zero-order chi connectivity index (χ0) is 11.5. The lowest BCUT2D eigenvalue weighted by Crippen LogP contribution is -2.34. The molecule has 0 aliphatic carbocycles. The highest BCUT2D eigenvalue weighted by molar-refractivity contribution is 9.09. The highest BCUT2D eigenvalue weighted by Gasteiger charge is 2.32. The molecule has 0 saturated carbocycles. The fourth-order valence-corrected chi connectivity index (χ4v) is 3.25. The Bertz CT molecular complexity index is 359. The number of hydrogen-bond acceptors (Lipinski definition) is 3. The standard InChI is InChI=1S/C12H17BrN2O/c1-9-5-7-15(10(9)8-13)12-11(16-2)4-3-6-14-12/h3-4,6,9-10H,5,7-8H2,1-2H3. The Morgan fingerprint density at radius 3 is 3.12 bits per heavy atom. The number of ether oxygens (including phenoxy) is 1. The molecule has 1 fully saturated rings. The third-order valence-electron chi connectivity index (χ3n) is 3.28. The number of nitrogens with zero attached hydrogens (tertiary/aromatic N) is 2. The fraction of sp³-hybridized carbons (Fsp3) is 0.583. The van der Waals surface area contributed by atoms with E-state index in [-0.39, 0.29) is 0 Å². The number of halogens is 1. The molecule has 16 heavy (non-hydrogen) atoms. The molecule has 0 spiro atoms. The topological polar surface area (TPSA) is 25.4 Å². The van der Waals surface area contributed by atoms with Crippen molar-refractivity contribution in [3.8, 4) is 5.75 Å². The first-order valence-electron chi connectivity index (χ1n) is 5.59. The number of rotatable bonds is 3. The Morgan fingerprint density at radius 1 is 1.62 bits per heavy atom. The predicted octanol–water partition coefficient (Wildman–Crippen LogP) is 2.70. The molecule has 1 saturated heterocycles. The first-order valence-corrected chi connectivity index (χ1v) is 6.71. The first-order chi connectivity index (χ1) is 7.77. The summed E-state index contributed by atoms with van der Waals surface area (Å²) < 4.78 is 5.37. The van der Waals surface area contributed by atoms with Gasteiger partial charge in [-0.05, 0) is 24.5 Å². The van der Waals surface area contributed by atoms with Crippen LogP contribution in [0.1, 0.15) is 13.3 Å². The van der Waals surface area contributed by atoms with E-state index in [0.717, 1.165) is 23.4 Å². The monoisotopic (exact) mass is 284 g/mol. The molecule has 88 valence electrons. The van der Waals surface area contributed by atoms with Gasteiger partial charge in [0.05, 0.1) is 7.11 Å². The van der Waals surface area contributed by atoms with Crippen molar-refractivity contribution in [1.82, 2.24) is 4.98 Å². The Labute approximate surface area is 105 Å². The number of anilines is 1. The summed E-state index contributed by atoms with van der Waals surface area (Å²) in [4.78, 5) is 6.79. The second-order valence-corrected chi connectivity index (χ2v) is 4.86. The number of aromatic nitrogens is 1. The lowest BCUT2D eigenvalue weighted by Gasteiger charge is -2.27. The van der Waals surface area contributed by atoms with Gasteiger partial charge in [0.2, 0.25) is 0 Å². The molecule has 1 aromatic heterocycles.